The molecule has 1 aliphatic rings. The fourth-order valence-electron chi connectivity index (χ4n) is 3.03. The second-order valence-electron chi connectivity index (χ2n) is 5.51. The smallest absolute Gasteiger partial charge is 0.225 e. The van der Waals surface area contributed by atoms with Crippen molar-refractivity contribution < 1.29 is 9.53 Å². The van der Waals surface area contributed by atoms with E-state index >= 15 is 0 Å². The normalized spacial score (nSPS) is 22.9. The maximum atomic E-state index is 12.3. The molecule has 0 unspecified atom stereocenters. The lowest BCUT2D eigenvalue weighted by molar-refractivity contribution is -0.134. The molecule has 0 heterocycles. The predicted octanol–water partition coefficient (Wildman–Crippen LogP) is 3.06. The van der Waals surface area contributed by atoms with Crippen molar-refractivity contribution in [1.29, 1.82) is 0 Å². The number of amides is 1. The Morgan fingerprint density at radius 1 is 1.26 bits per heavy atom. The van der Waals surface area contributed by atoms with Gasteiger partial charge in [-0.1, -0.05) is 25.0 Å². The first-order valence-electron chi connectivity index (χ1n) is 6.98. The van der Waals surface area contributed by atoms with E-state index in [2.05, 4.69) is 12.1 Å². The van der Waals surface area contributed by atoms with Gasteiger partial charge in [0.05, 0.1) is 7.11 Å². The Morgan fingerprint density at radius 2 is 2.00 bits per heavy atom. The molecule has 0 aliphatic heterocycles. The molecule has 2 atom stereocenters. The topological polar surface area (TPSA) is 29.5 Å². The van der Waals surface area contributed by atoms with E-state index in [9.17, 15) is 4.79 Å². The summed E-state index contributed by atoms with van der Waals surface area (Å²) in [6, 6.07) is 8.16. The van der Waals surface area contributed by atoms with Gasteiger partial charge < -0.3 is 9.64 Å². The molecule has 19 heavy (non-hydrogen) atoms. The molecular weight excluding hydrogens is 238 g/mol. The van der Waals surface area contributed by atoms with Crippen LogP contribution in [0.3, 0.4) is 0 Å². The highest BCUT2D eigenvalue weighted by Gasteiger charge is 2.32. The zero-order valence-electron chi connectivity index (χ0n) is 12.1. The van der Waals surface area contributed by atoms with Gasteiger partial charge in [-0.25, -0.2) is 0 Å². The van der Waals surface area contributed by atoms with E-state index in [-0.39, 0.29) is 11.8 Å². The van der Waals surface area contributed by atoms with E-state index < -0.39 is 0 Å². The van der Waals surface area contributed by atoms with Gasteiger partial charge in [-0.2, -0.15) is 0 Å². The molecule has 2 rings (SSSR count). The lowest BCUT2D eigenvalue weighted by Crippen LogP contribution is -2.35. The standard InChI is InChI=1S/C16H23NO2/c1-17(2)16(18)15-10-5-4-9-14(15)12-7-6-8-13(11-12)19-3/h6-8,11,14-15H,4-5,9-10H2,1-3H3/t14-,15+/m1/s1. The monoisotopic (exact) mass is 261 g/mol. The van der Waals surface area contributed by atoms with Gasteiger partial charge in [-0.3, -0.25) is 4.79 Å². The third kappa shape index (κ3) is 3.09. The molecule has 0 aromatic heterocycles. The number of benzene rings is 1. The molecule has 1 saturated carbocycles. The summed E-state index contributed by atoms with van der Waals surface area (Å²) in [5.41, 5.74) is 1.24. The second kappa shape index (κ2) is 6.09. The molecule has 0 radical (unpaired) electrons. The highest BCUT2D eigenvalue weighted by molar-refractivity contribution is 5.79. The third-order valence-electron chi connectivity index (χ3n) is 4.05. The van der Waals surface area contributed by atoms with Gasteiger partial charge in [0.15, 0.2) is 0 Å². The fraction of sp³-hybridized carbons (Fsp3) is 0.562. The summed E-state index contributed by atoms with van der Waals surface area (Å²) in [5, 5.41) is 0. The Morgan fingerprint density at radius 3 is 2.68 bits per heavy atom. The molecule has 1 aromatic rings. The van der Waals surface area contributed by atoms with Crippen LogP contribution in [0.5, 0.6) is 5.75 Å². The van der Waals surface area contributed by atoms with Crippen LogP contribution in [-0.4, -0.2) is 32.0 Å². The van der Waals surface area contributed by atoms with E-state index in [4.69, 9.17) is 4.74 Å². The maximum absolute atomic E-state index is 12.3. The number of nitrogens with zero attached hydrogens (tertiary/aromatic N) is 1. The lowest BCUT2D eigenvalue weighted by Gasteiger charge is -2.32. The van der Waals surface area contributed by atoms with Crippen molar-refractivity contribution in [3.8, 4) is 5.75 Å². The molecule has 1 aromatic carbocycles. The van der Waals surface area contributed by atoms with Gasteiger partial charge >= 0.3 is 0 Å². The van der Waals surface area contributed by atoms with Crippen molar-refractivity contribution in [2.24, 2.45) is 5.92 Å². The molecule has 0 saturated heterocycles. The SMILES string of the molecule is COc1cccc([C@H]2CCCC[C@@H]2C(=O)N(C)C)c1. The molecule has 0 spiro atoms. The minimum atomic E-state index is 0.121. The van der Waals surface area contributed by atoms with Crippen LogP contribution in [0.1, 0.15) is 37.2 Å². The summed E-state index contributed by atoms with van der Waals surface area (Å²) in [4.78, 5) is 14.1. The summed E-state index contributed by atoms with van der Waals surface area (Å²) in [5.74, 6) is 1.58. The van der Waals surface area contributed by atoms with E-state index in [1.54, 1.807) is 12.0 Å². The van der Waals surface area contributed by atoms with Crippen LogP contribution in [0.25, 0.3) is 0 Å². The Balaban J connectivity index is 2.25. The van der Waals surface area contributed by atoms with E-state index in [1.807, 2.05) is 26.2 Å². The highest BCUT2D eigenvalue weighted by Crippen LogP contribution is 2.39. The molecule has 1 amide bonds. The average molecular weight is 261 g/mol. The summed E-state index contributed by atoms with van der Waals surface area (Å²) in [7, 11) is 5.38. The summed E-state index contributed by atoms with van der Waals surface area (Å²) < 4.78 is 5.29. The first-order chi connectivity index (χ1) is 9.13. The minimum Gasteiger partial charge on any atom is -0.497 e. The van der Waals surface area contributed by atoms with Crippen molar-refractivity contribution in [3.05, 3.63) is 29.8 Å². The lowest BCUT2D eigenvalue weighted by atomic mass is 9.75. The molecule has 1 fully saturated rings. The number of rotatable bonds is 3. The Kier molecular flexibility index (Phi) is 4.46. The molecule has 0 N–H and O–H groups in total. The predicted molar refractivity (Wildman–Crippen MR) is 76.4 cm³/mol. The Labute approximate surface area is 115 Å². The van der Waals surface area contributed by atoms with Gasteiger partial charge in [0, 0.05) is 20.0 Å². The Bertz CT molecular complexity index is 442. The molecule has 104 valence electrons. The number of hydrogen-bond acceptors (Lipinski definition) is 2. The van der Waals surface area contributed by atoms with E-state index in [1.165, 1.54) is 12.0 Å². The molecule has 3 nitrogen and oxygen atoms in total. The number of carbonyl (C=O) groups excluding carboxylic acids is 1. The Hall–Kier alpha value is -1.51. The van der Waals surface area contributed by atoms with Crippen LogP contribution in [-0.2, 0) is 4.79 Å². The zero-order valence-corrected chi connectivity index (χ0v) is 12.1. The summed E-state index contributed by atoms with van der Waals surface area (Å²) in [6.07, 6.45) is 4.46. The first-order valence-corrected chi connectivity index (χ1v) is 6.98. The van der Waals surface area contributed by atoms with Crippen LogP contribution in [0.2, 0.25) is 0 Å². The van der Waals surface area contributed by atoms with Crippen LogP contribution in [0.4, 0.5) is 0 Å². The summed E-state index contributed by atoms with van der Waals surface area (Å²) in [6.45, 7) is 0. The number of methoxy groups -OCH3 is 1. The third-order valence-corrected chi connectivity index (χ3v) is 4.05. The van der Waals surface area contributed by atoms with Gasteiger partial charge in [0.1, 0.15) is 5.75 Å². The second-order valence-corrected chi connectivity index (χ2v) is 5.51. The molecular formula is C16H23NO2. The van der Waals surface area contributed by atoms with Gasteiger partial charge in [0.25, 0.3) is 0 Å². The van der Waals surface area contributed by atoms with Crippen LogP contribution in [0.15, 0.2) is 24.3 Å². The van der Waals surface area contributed by atoms with Gasteiger partial charge in [-0.05, 0) is 36.5 Å². The van der Waals surface area contributed by atoms with Crippen molar-refractivity contribution in [1.82, 2.24) is 4.90 Å². The van der Waals surface area contributed by atoms with Crippen molar-refractivity contribution in [2.75, 3.05) is 21.2 Å². The van der Waals surface area contributed by atoms with Gasteiger partial charge in [0.2, 0.25) is 5.91 Å². The molecule has 3 heteroatoms. The van der Waals surface area contributed by atoms with Crippen molar-refractivity contribution >= 4 is 5.91 Å². The van der Waals surface area contributed by atoms with Crippen LogP contribution in [0, 0.1) is 5.92 Å². The number of ether oxygens (including phenoxy) is 1. The zero-order chi connectivity index (χ0) is 13.8. The van der Waals surface area contributed by atoms with E-state index in [0.717, 1.165) is 25.0 Å². The fourth-order valence-corrected chi connectivity index (χ4v) is 3.03. The molecule has 0 bridgehead atoms. The molecule has 1 aliphatic carbocycles. The van der Waals surface area contributed by atoms with E-state index in [0.29, 0.717) is 5.92 Å². The van der Waals surface area contributed by atoms with Crippen molar-refractivity contribution in [2.45, 2.75) is 31.6 Å². The first kappa shape index (κ1) is 13.9. The van der Waals surface area contributed by atoms with Gasteiger partial charge in [-0.15, -0.1) is 0 Å². The quantitative estimate of drug-likeness (QED) is 0.837. The van der Waals surface area contributed by atoms with Crippen LogP contribution >= 0.6 is 0 Å². The number of carbonyl (C=O) groups is 1. The largest absolute Gasteiger partial charge is 0.497 e. The minimum absolute atomic E-state index is 0.121. The van der Waals surface area contributed by atoms with Crippen LogP contribution < -0.4 is 4.74 Å². The van der Waals surface area contributed by atoms with Crippen molar-refractivity contribution in [3.63, 3.8) is 0 Å². The number of hydrogen-bond donors (Lipinski definition) is 0. The maximum Gasteiger partial charge on any atom is 0.225 e. The highest BCUT2D eigenvalue weighted by atomic mass is 16.5. The summed E-state index contributed by atoms with van der Waals surface area (Å²) >= 11 is 0. The average Bonchev–Trinajstić information content (AvgIpc) is 2.46.